The molecule has 0 aliphatic carbocycles. The van der Waals surface area contributed by atoms with Crippen molar-refractivity contribution in [3.8, 4) is 45.5 Å². The molecule has 11 rings (SSSR count). The van der Waals surface area contributed by atoms with Crippen LogP contribution in [0.15, 0.2) is 158 Å². The summed E-state index contributed by atoms with van der Waals surface area (Å²) in [4.78, 5) is 16.1. The van der Waals surface area contributed by atoms with Crippen molar-refractivity contribution in [2.24, 2.45) is 0 Å². The fourth-order valence-electron chi connectivity index (χ4n) is 10.2. The normalized spacial score (nSPS) is 13.5. The van der Waals surface area contributed by atoms with Crippen LogP contribution in [-0.2, 0) is 26.2 Å². The summed E-state index contributed by atoms with van der Waals surface area (Å²) in [7, 11) is 6.71. The molecule has 0 N–H and O–H groups in total. The summed E-state index contributed by atoms with van der Waals surface area (Å²) in [5, 5.41) is 4.83. The Balaban J connectivity index is 0.922. The zero-order chi connectivity index (χ0) is 46.1. The maximum atomic E-state index is 5.82. The van der Waals surface area contributed by atoms with Gasteiger partial charge in [0.25, 0.3) is 0 Å². The van der Waals surface area contributed by atoms with Gasteiger partial charge in [0.1, 0.15) is 0 Å². The molecule has 0 saturated carbocycles. The van der Waals surface area contributed by atoms with Gasteiger partial charge >= 0.3 is 0 Å². The van der Waals surface area contributed by atoms with E-state index < -0.39 is 0 Å². The third-order valence-electron chi connectivity index (χ3n) is 13.5. The van der Waals surface area contributed by atoms with E-state index >= 15 is 0 Å². The number of para-hydroxylation sites is 2. The molecule has 4 aromatic heterocycles. The number of nitrogens with zero attached hydrogens (tertiary/aromatic N) is 6. The van der Waals surface area contributed by atoms with Crippen LogP contribution in [0.1, 0.15) is 22.5 Å². The molecule has 10 aromatic rings. The zero-order valence-electron chi connectivity index (χ0n) is 39.0. The van der Waals surface area contributed by atoms with Gasteiger partial charge in [-0.3, -0.25) is 9.80 Å². The Morgan fingerprint density at radius 3 is 1.16 bits per heavy atom. The third kappa shape index (κ3) is 8.05. The molecular formula is C58H54N6O4. The zero-order valence-corrected chi connectivity index (χ0v) is 39.0. The van der Waals surface area contributed by atoms with Crippen LogP contribution >= 0.6 is 0 Å². The monoisotopic (exact) mass is 898 g/mol. The lowest BCUT2D eigenvalue weighted by Crippen LogP contribution is -2.45. The minimum Gasteiger partial charge on any atom is -0.493 e. The molecule has 5 heterocycles. The first-order valence-corrected chi connectivity index (χ1v) is 23.3. The Bertz CT molecular complexity index is 3200. The fourth-order valence-corrected chi connectivity index (χ4v) is 10.2. The molecular weight excluding hydrogens is 845 g/mol. The number of methoxy groups -OCH3 is 4. The van der Waals surface area contributed by atoms with Gasteiger partial charge in [-0.05, 0) is 71.8 Å². The van der Waals surface area contributed by atoms with Gasteiger partial charge in [-0.25, -0.2) is 9.97 Å². The van der Waals surface area contributed by atoms with E-state index in [1.807, 2.05) is 12.1 Å². The van der Waals surface area contributed by atoms with Crippen LogP contribution in [0.2, 0.25) is 0 Å². The number of rotatable bonds is 14. The van der Waals surface area contributed by atoms with Crippen LogP contribution in [0.25, 0.3) is 66.1 Å². The fraction of sp³-hybridized carbons (Fsp3) is 0.207. The van der Waals surface area contributed by atoms with Crippen molar-refractivity contribution < 1.29 is 18.9 Å². The topological polar surface area (TPSA) is 79.0 Å². The molecule has 1 aliphatic rings. The van der Waals surface area contributed by atoms with Gasteiger partial charge in [0.2, 0.25) is 0 Å². The highest BCUT2D eigenvalue weighted by Gasteiger charge is 2.25. The average molecular weight is 899 g/mol. The van der Waals surface area contributed by atoms with Gasteiger partial charge in [-0.15, -0.1) is 0 Å². The van der Waals surface area contributed by atoms with Crippen LogP contribution in [0, 0.1) is 0 Å². The summed E-state index contributed by atoms with van der Waals surface area (Å²) in [6.45, 7) is 6.53. The van der Waals surface area contributed by atoms with Crippen LogP contribution in [0.5, 0.6) is 23.0 Å². The van der Waals surface area contributed by atoms with E-state index in [1.54, 1.807) is 28.4 Å². The van der Waals surface area contributed by atoms with Gasteiger partial charge in [0, 0.05) is 96.1 Å². The molecule has 1 fully saturated rings. The molecule has 68 heavy (non-hydrogen) atoms. The summed E-state index contributed by atoms with van der Waals surface area (Å²) in [6, 6.07) is 55.7. The largest absolute Gasteiger partial charge is 0.493 e. The highest BCUT2D eigenvalue weighted by molar-refractivity contribution is 6.13. The molecule has 10 nitrogen and oxygen atoms in total. The van der Waals surface area contributed by atoms with Crippen LogP contribution in [0.4, 0.5) is 0 Å². The van der Waals surface area contributed by atoms with E-state index in [2.05, 4.69) is 165 Å². The van der Waals surface area contributed by atoms with E-state index in [0.717, 1.165) is 97.3 Å². The van der Waals surface area contributed by atoms with Crippen LogP contribution in [0.3, 0.4) is 0 Å². The standard InChI is InChI=1S/C58H54N6O4/c1-65-51-25-23-41(31-53(51)67-3)55-57-47(45-19-11-13-21-49(45)63(57)35-39-15-7-5-8-16-39)33-43(59-55)37-61-27-29-62(30-28-61)38-44-34-48-46-20-12-14-22-50(46)64(36-40-17-9-6-10-18-40)58(48)56(60-44)42-24-26-52(66-2)54(32-42)68-4/h5-26,31-34H,27-30,35-38H2,1-4H3. The van der Waals surface area contributed by atoms with E-state index in [0.29, 0.717) is 23.0 Å². The summed E-state index contributed by atoms with van der Waals surface area (Å²) >= 11 is 0. The van der Waals surface area contributed by atoms with Crippen molar-refractivity contribution in [2.45, 2.75) is 26.2 Å². The molecule has 0 spiro atoms. The third-order valence-corrected chi connectivity index (χ3v) is 13.5. The number of ether oxygens (including phenoxy) is 4. The maximum absolute atomic E-state index is 5.82. The second-order valence-corrected chi connectivity index (χ2v) is 17.6. The number of aromatic nitrogens is 4. The smallest absolute Gasteiger partial charge is 0.161 e. The van der Waals surface area contributed by atoms with E-state index in [4.69, 9.17) is 28.9 Å². The number of piperazine rings is 1. The van der Waals surface area contributed by atoms with E-state index in [9.17, 15) is 0 Å². The highest BCUT2D eigenvalue weighted by atomic mass is 16.5. The first-order valence-electron chi connectivity index (χ1n) is 23.3. The van der Waals surface area contributed by atoms with Crippen LogP contribution in [-0.4, -0.2) is 83.5 Å². The predicted octanol–water partition coefficient (Wildman–Crippen LogP) is 11.5. The lowest BCUT2D eigenvalue weighted by Gasteiger charge is -2.34. The Hall–Kier alpha value is -7.66. The molecule has 0 atom stereocenters. The van der Waals surface area contributed by atoms with E-state index in [-0.39, 0.29) is 0 Å². The SMILES string of the molecule is COc1ccc(-c2nc(CN3CCN(Cc4cc5c6ccccc6n(Cc6ccccc6)c5c(-c5ccc(OC)c(OC)c5)n4)CC3)cc3c4ccccc4n(Cc4ccccc4)c23)cc1OC. The summed E-state index contributed by atoms with van der Waals surface area (Å²) in [5.41, 5.74) is 13.0. The Kier molecular flexibility index (Phi) is 11.7. The van der Waals surface area contributed by atoms with Crippen LogP contribution < -0.4 is 18.9 Å². The minimum absolute atomic E-state index is 0.676. The Labute approximate surface area is 396 Å². The Morgan fingerprint density at radius 1 is 0.382 bits per heavy atom. The van der Waals surface area contributed by atoms with Crippen molar-refractivity contribution in [2.75, 3.05) is 54.6 Å². The second-order valence-electron chi connectivity index (χ2n) is 17.6. The molecule has 10 heteroatoms. The number of fused-ring (bicyclic) bond motifs is 6. The van der Waals surface area contributed by atoms with Crippen molar-refractivity contribution in [3.05, 3.63) is 180 Å². The lowest BCUT2D eigenvalue weighted by atomic mass is 10.0. The molecule has 340 valence electrons. The number of pyridine rings is 2. The predicted molar refractivity (Wildman–Crippen MR) is 273 cm³/mol. The number of hydrogen-bond donors (Lipinski definition) is 0. The Morgan fingerprint density at radius 2 is 0.765 bits per heavy atom. The van der Waals surface area contributed by atoms with Crippen molar-refractivity contribution in [1.29, 1.82) is 0 Å². The van der Waals surface area contributed by atoms with Gasteiger partial charge in [-0.2, -0.15) is 0 Å². The maximum Gasteiger partial charge on any atom is 0.161 e. The number of hydrogen-bond acceptors (Lipinski definition) is 8. The number of benzene rings is 6. The van der Waals surface area contributed by atoms with Gasteiger partial charge in [0.05, 0.1) is 62.2 Å². The first-order chi connectivity index (χ1) is 33.5. The van der Waals surface area contributed by atoms with Gasteiger partial charge in [-0.1, -0.05) is 97.1 Å². The molecule has 0 bridgehead atoms. The van der Waals surface area contributed by atoms with Crippen molar-refractivity contribution in [3.63, 3.8) is 0 Å². The van der Waals surface area contributed by atoms with Gasteiger partial charge < -0.3 is 28.1 Å². The molecule has 0 radical (unpaired) electrons. The molecule has 6 aromatic carbocycles. The van der Waals surface area contributed by atoms with Crippen molar-refractivity contribution >= 4 is 43.6 Å². The molecule has 0 amide bonds. The molecule has 1 aliphatic heterocycles. The second kappa shape index (κ2) is 18.6. The average Bonchev–Trinajstić information content (AvgIpc) is 3.87. The summed E-state index contributed by atoms with van der Waals surface area (Å²) in [6.07, 6.45) is 0. The van der Waals surface area contributed by atoms with E-state index in [1.165, 1.54) is 43.7 Å². The lowest BCUT2D eigenvalue weighted by molar-refractivity contribution is 0.120. The quantitative estimate of drug-likeness (QED) is 0.107. The molecule has 1 saturated heterocycles. The summed E-state index contributed by atoms with van der Waals surface area (Å²) in [5.74, 6) is 2.73. The summed E-state index contributed by atoms with van der Waals surface area (Å²) < 4.78 is 27.8. The van der Waals surface area contributed by atoms with Gasteiger partial charge in [0.15, 0.2) is 23.0 Å². The van der Waals surface area contributed by atoms with Crippen molar-refractivity contribution in [1.82, 2.24) is 28.9 Å². The molecule has 0 unspecified atom stereocenters. The highest BCUT2D eigenvalue weighted by Crippen LogP contribution is 2.41. The first kappa shape index (κ1) is 42.9. The minimum atomic E-state index is 0.676.